The average molecular weight is 208 g/mol. The van der Waals surface area contributed by atoms with E-state index in [-0.39, 0.29) is 5.97 Å². The van der Waals surface area contributed by atoms with Gasteiger partial charge < -0.3 is 15.8 Å². The second-order valence-corrected chi connectivity index (χ2v) is 3.04. The lowest BCUT2D eigenvalue weighted by molar-refractivity contribution is 0.0509. The Kier molecular flexibility index (Phi) is 5.43. The van der Waals surface area contributed by atoms with Crippen LogP contribution >= 0.6 is 0 Å². The Morgan fingerprint density at radius 3 is 2.67 bits per heavy atom. The lowest BCUT2D eigenvalue weighted by Gasteiger charge is -2.05. The van der Waals surface area contributed by atoms with Crippen LogP contribution in [0.25, 0.3) is 0 Å². The van der Waals surface area contributed by atoms with E-state index < -0.39 is 0 Å². The summed E-state index contributed by atoms with van der Waals surface area (Å²) in [5.74, 6) is -0.287. The zero-order valence-corrected chi connectivity index (χ0v) is 8.61. The molecule has 4 nitrogen and oxygen atoms in total. The van der Waals surface area contributed by atoms with Crippen LogP contribution in [-0.2, 0) is 4.74 Å². The van der Waals surface area contributed by atoms with Crippen molar-refractivity contribution in [2.24, 2.45) is 5.73 Å². The molecule has 1 rings (SSSR count). The van der Waals surface area contributed by atoms with Crippen LogP contribution in [0.1, 0.15) is 10.4 Å². The van der Waals surface area contributed by atoms with Gasteiger partial charge in [-0.25, -0.2) is 4.79 Å². The fourth-order valence-electron chi connectivity index (χ4n) is 1.10. The molecule has 4 heteroatoms. The van der Waals surface area contributed by atoms with Gasteiger partial charge in [-0.05, 0) is 12.1 Å². The molecule has 1 aromatic rings. The van der Waals surface area contributed by atoms with Gasteiger partial charge >= 0.3 is 5.97 Å². The first-order valence-electron chi connectivity index (χ1n) is 4.97. The number of esters is 1. The molecule has 1 aromatic carbocycles. The molecular formula is C11H16N2O2. The van der Waals surface area contributed by atoms with Crippen molar-refractivity contribution in [3.8, 4) is 0 Å². The van der Waals surface area contributed by atoms with Crippen LogP contribution in [0.2, 0.25) is 0 Å². The molecule has 0 saturated heterocycles. The minimum Gasteiger partial charge on any atom is -0.461 e. The molecule has 0 atom stereocenters. The Morgan fingerprint density at radius 1 is 1.27 bits per heavy atom. The first kappa shape index (κ1) is 11.7. The molecule has 0 heterocycles. The van der Waals surface area contributed by atoms with E-state index in [9.17, 15) is 4.79 Å². The smallest absolute Gasteiger partial charge is 0.338 e. The summed E-state index contributed by atoms with van der Waals surface area (Å²) in [5.41, 5.74) is 5.87. The maximum atomic E-state index is 11.4. The third kappa shape index (κ3) is 4.58. The van der Waals surface area contributed by atoms with Gasteiger partial charge in [0.2, 0.25) is 0 Å². The normalized spacial score (nSPS) is 9.93. The molecule has 0 radical (unpaired) electrons. The SMILES string of the molecule is NCCNCCOC(=O)c1ccccc1. The van der Waals surface area contributed by atoms with Crippen LogP contribution in [0.3, 0.4) is 0 Å². The number of carbonyl (C=O) groups excluding carboxylic acids is 1. The second-order valence-electron chi connectivity index (χ2n) is 3.04. The first-order valence-corrected chi connectivity index (χ1v) is 4.97. The summed E-state index contributed by atoms with van der Waals surface area (Å²) in [6.07, 6.45) is 0. The number of ether oxygens (including phenoxy) is 1. The molecule has 0 aliphatic carbocycles. The summed E-state index contributed by atoms with van der Waals surface area (Å²) in [7, 11) is 0. The highest BCUT2D eigenvalue weighted by molar-refractivity contribution is 5.89. The van der Waals surface area contributed by atoms with Gasteiger partial charge in [-0.3, -0.25) is 0 Å². The number of hydrogen-bond acceptors (Lipinski definition) is 4. The van der Waals surface area contributed by atoms with Crippen molar-refractivity contribution in [3.63, 3.8) is 0 Å². The van der Waals surface area contributed by atoms with Crippen molar-refractivity contribution in [1.82, 2.24) is 5.32 Å². The Balaban J connectivity index is 2.20. The third-order valence-electron chi connectivity index (χ3n) is 1.84. The lowest BCUT2D eigenvalue weighted by atomic mass is 10.2. The van der Waals surface area contributed by atoms with E-state index in [2.05, 4.69) is 5.32 Å². The number of nitrogens with one attached hydrogen (secondary N) is 1. The molecule has 0 unspecified atom stereocenters. The predicted octanol–water partition coefficient (Wildman–Crippen LogP) is 0.392. The number of hydrogen-bond donors (Lipinski definition) is 2. The fourth-order valence-corrected chi connectivity index (χ4v) is 1.10. The van der Waals surface area contributed by atoms with Gasteiger partial charge in [0.1, 0.15) is 6.61 Å². The summed E-state index contributed by atoms with van der Waals surface area (Å²) in [5, 5.41) is 3.04. The molecule has 3 N–H and O–H groups in total. The molecule has 82 valence electrons. The number of nitrogens with two attached hydrogens (primary N) is 1. The summed E-state index contributed by atoms with van der Waals surface area (Å²) in [6, 6.07) is 8.94. The van der Waals surface area contributed by atoms with E-state index in [0.717, 1.165) is 6.54 Å². The summed E-state index contributed by atoms with van der Waals surface area (Å²) in [4.78, 5) is 11.4. The maximum absolute atomic E-state index is 11.4. The molecule has 0 amide bonds. The number of carbonyl (C=O) groups is 1. The minimum atomic E-state index is -0.287. The van der Waals surface area contributed by atoms with E-state index in [1.807, 2.05) is 18.2 Å². The number of benzene rings is 1. The lowest BCUT2D eigenvalue weighted by Crippen LogP contribution is -2.26. The zero-order chi connectivity index (χ0) is 10.9. The van der Waals surface area contributed by atoms with Gasteiger partial charge in [-0.15, -0.1) is 0 Å². The molecule has 0 fully saturated rings. The fraction of sp³-hybridized carbons (Fsp3) is 0.364. The van der Waals surface area contributed by atoms with Gasteiger partial charge in [0.05, 0.1) is 5.56 Å². The van der Waals surface area contributed by atoms with Crippen LogP contribution in [0.5, 0.6) is 0 Å². The van der Waals surface area contributed by atoms with Crippen LogP contribution in [-0.4, -0.2) is 32.2 Å². The standard InChI is InChI=1S/C11H16N2O2/c12-6-7-13-8-9-15-11(14)10-4-2-1-3-5-10/h1-5,13H,6-9,12H2. The highest BCUT2D eigenvalue weighted by Crippen LogP contribution is 2.00. The van der Waals surface area contributed by atoms with Gasteiger partial charge in [0.25, 0.3) is 0 Å². The molecule has 15 heavy (non-hydrogen) atoms. The first-order chi connectivity index (χ1) is 7.34. The van der Waals surface area contributed by atoms with Crippen molar-refractivity contribution >= 4 is 5.97 Å². The molecule has 0 bridgehead atoms. The monoisotopic (exact) mass is 208 g/mol. The molecule has 0 aliphatic heterocycles. The van der Waals surface area contributed by atoms with E-state index in [1.54, 1.807) is 12.1 Å². The van der Waals surface area contributed by atoms with Crippen LogP contribution in [0, 0.1) is 0 Å². The highest BCUT2D eigenvalue weighted by Gasteiger charge is 2.04. The second kappa shape index (κ2) is 6.98. The van der Waals surface area contributed by atoms with E-state index in [1.165, 1.54) is 0 Å². The largest absolute Gasteiger partial charge is 0.461 e. The number of rotatable bonds is 6. The van der Waals surface area contributed by atoms with Gasteiger partial charge in [-0.1, -0.05) is 18.2 Å². The molecule has 0 saturated carbocycles. The summed E-state index contributed by atoms with van der Waals surface area (Å²) >= 11 is 0. The minimum absolute atomic E-state index is 0.287. The Hall–Kier alpha value is -1.39. The van der Waals surface area contributed by atoms with E-state index >= 15 is 0 Å². The van der Waals surface area contributed by atoms with Crippen molar-refractivity contribution in [1.29, 1.82) is 0 Å². The zero-order valence-electron chi connectivity index (χ0n) is 8.61. The third-order valence-corrected chi connectivity index (χ3v) is 1.84. The van der Waals surface area contributed by atoms with Crippen molar-refractivity contribution < 1.29 is 9.53 Å². The summed E-state index contributed by atoms with van der Waals surface area (Å²) < 4.78 is 5.03. The van der Waals surface area contributed by atoms with Crippen LogP contribution < -0.4 is 11.1 Å². The topological polar surface area (TPSA) is 64.3 Å². The van der Waals surface area contributed by atoms with E-state index in [0.29, 0.717) is 25.3 Å². The van der Waals surface area contributed by atoms with Gasteiger partial charge in [-0.2, -0.15) is 0 Å². The van der Waals surface area contributed by atoms with Crippen LogP contribution in [0.4, 0.5) is 0 Å². The Morgan fingerprint density at radius 2 is 2.00 bits per heavy atom. The maximum Gasteiger partial charge on any atom is 0.338 e. The molecular weight excluding hydrogens is 192 g/mol. The average Bonchev–Trinajstić information content (AvgIpc) is 2.30. The molecule has 0 aromatic heterocycles. The predicted molar refractivity (Wildman–Crippen MR) is 58.6 cm³/mol. The van der Waals surface area contributed by atoms with Gasteiger partial charge in [0.15, 0.2) is 0 Å². The Labute approximate surface area is 89.4 Å². The van der Waals surface area contributed by atoms with Crippen molar-refractivity contribution in [3.05, 3.63) is 35.9 Å². The van der Waals surface area contributed by atoms with E-state index in [4.69, 9.17) is 10.5 Å². The van der Waals surface area contributed by atoms with Crippen molar-refractivity contribution in [2.45, 2.75) is 0 Å². The molecule has 0 spiro atoms. The quantitative estimate of drug-likeness (QED) is 0.524. The van der Waals surface area contributed by atoms with Crippen LogP contribution in [0.15, 0.2) is 30.3 Å². The highest BCUT2D eigenvalue weighted by atomic mass is 16.5. The van der Waals surface area contributed by atoms with Gasteiger partial charge in [0, 0.05) is 19.6 Å². The Bertz CT molecular complexity index is 288. The molecule has 0 aliphatic rings. The van der Waals surface area contributed by atoms with Crippen molar-refractivity contribution in [2.75, 3.05) is 26.2 Å². The summed E-state index contributed by atoms with van der Waals surface area (Å²) in [6.45, 7) is 2.33.